The van der Waals surface area contributed by atoms with E-state index in [9.17, 15) is 4.79 Å². The average molecular weight is 341 g/mol. The van der Waals surface area contributed by atoms with Gasteiger partial charge < -0.3 is 10.3 Å². The van der Waals surface area contributed by atoms with Crippen LogP contribution in [0.25, 0.3) is 5.69 Å². The predicted octanol–water partition coefficient (Wildman–Crippen LogP) is 3.16. The summed E-state index contributed by atoms with van der Waals surface area (Å²) in [5.74, 6) is 0.304. The highest BCUT2D eigenvalue weighted by Gasteiger charge is 2.23. The number of Topliss-reactive ketones (excluding diaryl/α,β-unsaturated/α-hetero) is 1. The van der Waals surface area contributed by atoms with Crippen LogP contribution in [0.3, 0.4) is 0 Å². The highest BCUT2D eigenvalue weighted by atomic mass is 32.2. The van der Waals surface area contributed by atoms with Gasteiger partial charge in [-0.3, -0.25) is 4.79 Å². The maximum Gasteiger partial charge on any atom is 0.216 e. The van der Waals surface area contributed by atoms with Gasteiger partial charge in [-0.1, -0.05) is 30.0 Å². The van der Waals surface area contributed by atoms with Crippen molar-refractivity contribution in [2.45, 2.75) is 31.2 Å². The van der Waals surface area contributed by atoms with Crippen LogP contribution in [0.15, 0.2) is 41.6 Å². The lowest BCUT2D eigenvalue weighted by Crippen LogP contribution is -2.14. The van der Waals surface area contributed by atoms with Gasteiger partial charge in [-0.2, -0.15) is 4.98 Å². The lowest BCUT2D eigenvalue weighted by atomic mass is 10.1. The van der Waals surface area contributed by atoms with Crippen molar-refractivity contribution in [2.75, 3.05) is 5.73 Å². The first-order chi connectivity index (χ1) is 11.5. The van der Waals surface area contributed by atoms with Crippen molar-refractivity contribution in [3.05, 3.63) is 53.3 Å². The van der Waals surface area contributed by atoms with E-state index in [4.69, 9.17) is 5.73 Å². The third kappa shape index (κ3) is 3.07. The summed E-state index contributed by atoms with van der Waals surface area (Å²) < 4.78 is 2.09. The predicted molar refractivity (Wildman–Crippen MR) is 95.7 cm³/mol. The third-order valence-corrected chi connectivity index (χ3v) is 4.81. The second kappa shape index (κ2) is 6.52. The SMILES string of the molecule is Cc1cc(C(=O)[C@H](C)Sc2n[nH]c(N)n2)c(C)n1-c1ccccc1. The van der Waals surface area contributed by atoms with Crippen LogP contribution >= 0.6 is 11.8 Å². The maximum absolute atomic E-state index is 12.8. The number of H-pyrrole nitrogens is 1. The van der Waals surface area contributed by atoms with Crippen LogP contribution in [0.5, 0.6) is 0 Å². The largest absolute Gasteiger partial charge is 0.368 e. The highest BCUT2D eigenvalue weighted by Crippen LogP contribution is 2.27. The lowest BCUT2D eigenvalue weighted by molar-refractivity contribution is 0.0993. The molecule has 6 nitrogen and oxygen atoms in total. The number of benzene rings is 1. The first-order valence-electron chi connectivity index (χ1n) is 7.60. The quantitative estimate of drug-likeness (QED) is 0.549. The summed E-state index contributed by atoms with van der Waals surface area (Å²) >= 11 is 1.29. The summed E-state index contributed by atoms with van der Waals surface area (Å²) in [6.07, 6.45) is 0. The van der Waals surface area contributed by atoms with E-state index in [0.717, 1.165) is 22.6 Å². The summed E-state index contributed by atoms with van der Waals surface area (Å²) in [7, 11) is 0. The molecule has 0 bridgehead atoms. The van der Waals surface area contributed by atoms with Gasteiger partial charge >= 0.3 is 0 Å². The minimum Gasteiger partial charge on any atom is -0.368 e. The zero-order valence-electron chi connectivity index (χ0n) is 13.8. The molecule has 124 valence electrons. The van der Waals surface area contributed by atoms with E-state index in [0.29, 0.717) is 5.16 Å². The van der Waals surface area contributed by atoms with Gasteiger partial charge in [0.05, 0.1) is 5.25 Å². The van der Waals surface area contributed by atoms with E-state index in [1.807, 2.05) is 57.2 Å². The number of nitrogens with zero attached hydrogens (tertiary/aromatic N) is 3. The van der Waals surface area contributed by atoms with Gasteiger partial charge in [-0.15, -0.1) is 5.10 Å². The molecule has 3 aromatic rings. The molecule has 2 heterocycles. The first-order valence-corrected chi connectivity index (χ1v) is 8.48. The van der Waals surface area contributed by atoms with E-state index in [1.54, 1.807) is 0 Å². The number of ketones is 1. The molecule has 0 unspecified atom stereocenters. The fourth-order valence-corrected chi connectivity index (χ4v) is 3.53. The van der Waals surface area contributed by atoms with Crippen LogP contribution in [0.2, 0.25) is 0 Å². The van der Waals surface area contributed by atoms with Crippen LogP contribution in [0, 0.1) is 13.8 Å². The van der Waals surface area contributed by atoms with Crippen molar-refractivity contribution in [1.82, 2.24) is 19.7 Å². The Balaban J connectivity index is 1.88. The van der Waals surface area contributed by atoms with Gasteiger partial charge in [0.2, 0.25) is 11.1 Å². The molecule has 0 aliphatic carbocycles. The fourth-order valence-electron chi connectivity index (χ4n) is 2.73. The van der Waals surface area contributed by atoms with Crippen LogP contribution in [-0.2, 0) is 0 Å². The van der Waals surface area contributed by atoms with Gasteiger partial charge in [0, 0.05) is 22.6 Å². The van der Waals surface area contributed by atoms with E-state index in [2.05, 4.69) is 19.7 Å². The second-order valence-electron chi connectivity index (χ2n) is 5.58. The second-order valence-corrected chi connectivity index (χ2v) is 6.89. The van der Waals surface area contributed by atoms with Gasteiger partial charge in [-0.05, 0) is 39.0 Å². The molecule has 0 saturated heterocycles. The zero-order chi connectivity index (χ0) is 17.3. The fraction of sp³-hybridized carbons (Fsp3) is 0.235. The number of thioether (sulfide) groups is 1. The van der Waals surface area contributed by atoms with Crippen molar-refractivity contribution in [2.24, 2.45) is 0 Å². The number of hydrogen-bond acceptors (Lipinski definition) is 5. The van der Waals surface area contributed by atoms with Gasteiger partial charge in [0.1, 0.15) is 0 Å². The third-order valence-electron chi connectivity index (χ3n) is 3.84. The van der Waals surface area contributed by atoms with E-state index < -0.39 is 0 Å². The molecule has 1 atom stereocenters. The topological polar surface area (TPSA) is 89.6 Å². The Bertz CT molecular complexity index is 868. The van der Waals surface area contributed by atoms with Crippen LogP contribution in [0.4, 0.5) is 5.95 Å². The maximum atomic E-state index is 12.8. The molecule has 0 aliphatic rings. The smallest absolute Gasteiger partial charge is 0.216 e. The van der Waals surface area contributed by atoms with Crippen LogP contribution < -0.4 is 5.73 Å². The Labute approximate surface area is 144 Å². The molecule has 3 rings (SSSR count). The van der Waals surface area contributed by atoms with E-state index >= 15 is 0 Å². The summed E-state index contributed by atoms with van der Waals surface area (Å²) in [4.78, 5) is 16.9. The number of aryl methyl sites for hydroxylation is 1. The van der Waals surface area contributed by atoms with Crippen molar-refractivity contribution in [1.29, 1.82) is 0 Å². The molecule has 0 saturated carbocycles. The van der Waals surface area contributed by atoms with Gasteiger partial charge in [-0.25, -0.2) is 5.10 Å². The lowest BCUT2D eigenvalue weighted by Gasteiger charge is -2.11. The number of rotatable bonds is 5. The Morgan fingerprint density at radius 2 is 2.00 bits per heavy atom. The molecule has 3 N–H and O–H groups in total. The summed E-state index contributed by atoms with van der Waals surface area (Å²) in [5, 5.41) is 6.72. The highest BCUT2D eigenvalue weighted by molar-refractivity contribution is 8.00. The van der Waals surface area contributed by atoms with Crippen molar-refractivity contribution in [3.8, 4) is 5.69 Å². The molecule has 0 aliphatic heterocycles. The number of nitrogens with one attached hydrogen (secondary N) is 1. The number of carbonyl (C=O) groups excluding carboxylic acids is 1. The molecule has 0 fully saturated rings. The Morgan fingerprint density at radius 3 is 2.62 bits per heavy atom. The number of aromatic amines is 1. The van der Waals surface area contributed by atoms with Crippen LogP contribution in [-0.4, -0.2) is 30.8 Å². The van der Waals surface area contributed by atoms with E-state index in [1.165, 1.54) is 11.8 Å². The monoisotopic (exact) mass is 341 g/mol. The number of aromatic nitrogens is 4. The number of para-hydroxylation sites is 1. The van der Waals surface area contributed by atoms with Crippen molar-refractivity contribution < 1.29 is 4.79 Å². The van der Waals surface area contributed by atoms with Crippen molar-refractivity contribution >= 4 is 23.5 Å². The molecule has 24 heavy (non-hydrogen) atoms. The molecule has 2 aromatic heterocycles. The molecular weight excluding hydrogens is 322 g/mol. The molecule has 0 radical (unpaired) electrons. The van der Waals surface area contributed by atoms with Crippen LogP contribution in [0.1, 0.15) is 28.7 Å². The number of anilines is 1. The van der Waals surface area contributed by atoms with E-state index in [-0.39, 0.29) is 17.0 Å². The van der Waals surface area contributed by atoms with Gasteiger partial charge in [0.25, 0.3) is 0 Å². The number of hydrogen-bond donors (Lipinski definition) is 2. The number of nitrogen functional groups attached to an aromatic ring is 1. The summed E-state index contributed by atoms with van der Waals surface area (Å²) in [5.41, 5.74) is 9.26. The first kappa shape index (κ1) is 16.3. The minimum absolute atomic E-state index is 0.0543. The summed E-state index contributed by atoms with van der Waals surface area (Å²) in [6, 6.07) is 12.0. The minimum atomic E-state index is -0.301. The molecule has 0 amide bonds. The summed E-state index contributed by atoms with van der Waals surface area (Å²) in [6.45, 7) is 5.83. The average Bonchev–Trinajstić information content (AvgIpc) is 3.10. The van der Waals surface area contributed by atoms with Gasteiger partial charge in [0.15, 0.2) is 5.78 Å². The molecule has 7 heteroatoms. The number of nitrogens with two attached hydrogens (primary N) is 1. The Kier molecular flexibility index (Phi) is 4.44. The molecular formula is C17H19N5OS. The Hall–Kier alpha value is -2.54. The standard InChI is InChI=1S/C17H19N5OS/c1-10-9-14(11(2)22(10)13-7-5-4-6-8-13)15(23)12(3)24-17-19-16(18)20-21-17/h4-9,12H,1-3H3,(H3,18,19,20,21)/t12-/m0/s1. The molecule has 0 spiro atoms. The number of carbonyl (C=O) groups is 1. The normalized spacial score (nSPS) is 12.3. The molecule has 1 aromatic carbocycles. The zero-order valence-corrected chi connectivity index (χ0v) is 14.6. The van der Waals surface area contributed by atoms with Crippen molar-refractivity contribution in [3.63, 3.8) is 0 Å². The Morgan fingerprint density at radius 1 is 1.29 bits per heavy atom.